The lowest BCUT2D eigenvalue weighted by atomic mass is 10.1. The fourth-order valence-electron chi connectivity index (χ4n) is 3.23. The van der Waals surface area contributed by atoms with E-state index in [0.29, 0.717) is 35.6 Å². The van der Waals surface area contributed by atoms with Crippen LogP contribution in [0.15, 0.2) is 36.7 Å². The minimum Gasteiger partial charge on any atom is -0.492 e. The third kappa shape index (κ3) is 4.94. The van der Waals surface area contributed by atoms with E-state index < -0.39 is 0 Å². The summed E-state index contributed by atoms with van der Waals surface area (Å²) in [4.78, 5) is 21.0. The van der Waals surface area contributed by atoms with E-state index in [-0.39, 0.29) is 5.91 Å². The van der Waals surface area contributed by atoms with Gasteiger partial charge in [-0.2, -0.15) is 0 Å². The van der Waals surface area contributed by atoms with Crippen molar-refractivity contribution < 1.29 is 9.53 Å². The van der Waals surface area contributed by atoms with Crippen LogP contribution in [0.2, 0.25) is 0 Å². The first kappa shape index (κ1) is 18.2. The van der Waals surface area contributed by atoms with E-state index >= 15 is 0 Å². The smallest absolute Gasteiger partial charge is 0.274 e. The normalized spacial score (nSPS) is 15.1. The van der Waals surface area contributed by atoms with Crippen LogP contribution in [-0.4, -0.2) is 28.5 Å². The monoisotopic (exact) mass is 354 g/mol. The third-order valence-electron chi connectivity index (χ3n) is 4.54. The molecule has 1 aliphatic rings. The summed E-state index contributed by atoms with van der Waals surface area (Å²) in [6.07, 6.45) is 8.81. The van der Waals surface area contributed by atoms with Gasteiger partial charge in [0.15, 0.2) is 0 Å². The van der Waals surface area contributed by atoms with Gasteiger partial charge in [-0.1, -0.05) is 37.8 Å². The second kappa shape index (κ2) is 9.17. The highest BCUT2D eigenvalue weighted by Gasteiger charge is 2.15. The molecular weight excluding hydrogens is 328 g/mol. The molecule has 1 aliphatic carbocycles. The van der Waals surface area contributed by atoms with Crippen LogP contribution in [0.1, 0.15) is 55.9 Å². The molecule has 1 amide bonds. The number of carbonyl (C=O) groups is 1. The minimum atomic E-state index is -0.275. The topological polar surface area (TPSA) is 76.1 Å². The number of nitrogens with one attached hydrogen (secondary N) is 2. The van der Waals surface area contributed by atoms with E-state index in [1.807, 2.05) is 31.2 Å². The van der Waals surface area contributed by atoms with Crippen molar-refractivity contribution in [1.82, 2.24) is 9.97 Å². The maximum Gasteiger partial charge on any atom is 0.274 e. The number of hydrogen-bond acceptors (Lipinski definition) is 5. The summed E-state index contributed by atoms with van der Waals surface area (Å²) in [7, 11) is 0. The van der Waals surface area contributed by atoms with Crippen molar-refractivity contribution in [2.45, 2.75) is 51.5 Å². The molecule has 0 spiro atoms. The highest BCUT2D eigenvalue weighted by atomic mass is 16.5. The number of anilines is 2. The number of hydrogen-bond donors (Lipinski definition) is 2. The second-order valence-corrected chi connectivity index (χ2v) is 6.50. The highest BCUT2D eigenvalue weighted by Crippen LogP contribution is 2.24. The Morgan fingerprint density at radius 2 is 1.92 bits per heavy atom. The highest BCUT2D eigenvalue weighted by molar-refractivity contribution is 6.04. The van der Waals surface area contributed by atoms with Crippen LogP contribution in [0, 0.1) is 0 Å². The first-order valence-corrected chi connectivity index (χ1v) is 9.38. The Balaban J connectivity index is 1.68. The van der Waals surface area contributed by atoms with E-state index in [2.05, 4.69) is 20.6 Å². The number of para-hydroxylation sites is 2. The van der Waals surface area contributed by atoms with E-state index in [0.717, 1.165) is 12.8 Å². The number of benzene rings is 1. The zero-order valence-corrected chi connectivity index (χ0v) is 15.2. The summed E-state index contributed by atoms with van der Waals surface area (Å²) in [5.74, 6) is 1.08. The molecular formula is C20H26N4O2. The van der Waals surface area contributed by atoms with Crippen LogP contribution < -0.4 is 15.4 Å². The first-order valence-electron chi connectivity index (χ1n) is 9.38. The Hall–Kier alpha value is -2.63. The van der Waals surface area contributed by atoms with Crippen molar-refractivity contribution in [3.63, 3.8) is 0 Å². The number of rotatable bonds is 6. The van der Waals surface area contributed by atoms with Gasteiger partial charge in [0, 0.05) is 12.1 Å². The zero-order chi connectivity index (χ0) is 18.2. The second-order valence-electron chi connectivity index (χ2n) is 6.50. The third-order valence-corrected chi connectivity index (χ3v) is 4.54. The van der Waals surface area contributed by atoms with Crippen LogP contribution in [0.5, 0.6) is 5.75 Å². The van der Waals surface area contributed by atoms with Crippen LogP contribution in [0.3, 0.4) is 0 Å². The molecule has 0 unspecified atom stereocenters. The van der Waals surface area contributed by atoms with Crippen molar-refractivity contribution in [2.75, 3.05) is 17.2 Å². The maximum atomic E-state index is 12.6. The fraction of sp³-hybridized carbons (Fsp3) is 0.450. The standard InChI is InChI=1S/C20H26N4O2/c1-2-26-18-12-8-7-11-16(18)24-20(25)17-13-19(22-14-21-17)23-15-9-5-3-4-6-10-15/h7-8,11-15H,2-6,9-10H2,1H3,(H,24,25)(H,21,22,23). The maximum absolute atomic E-state index is 12.6. The number of amides is 1. The van der Waals surface area contributed by atoms with Crippen LogP contribution in [0.4, 0.5) is 11.5 Å². The molecule has 0 radical (unpaired) electrons. The molecule has 1 saturated carbocycles. The van der Waals surface area contributed by atoms with Gasteiger partial charge < -0.3 is 15.4 Å². The number of nitrogens with zero attached hydrogens (tertiary/aromatic N) is 2. The average molecular weight is 354 g/mol. The van der Waals surface area contributed by atoms with Gasteiger partial charge in [-0.3, -0.25) is 4.79 Å². The molecule has 1 fully saturated rings. The molecule has 1 aromatic carbocycles. The van der Waals surface area contributed by atoms with Gasteiger partial charge in [0.2, 0.25) is 0 Å². The summed E-state index contributed by atoms with van der Waals surface area (Å²) >= 11 is 0. The summed E-state index contributed by atoms with van der Waals surface area (Å²) in [5.41, 5.74) is 0.971. The largest absolute Gasteiger partial charge is 0.492 e. The predicted molar refractivity (Wildman–Crippen MR) is 103 cm³/mol. The van der Waals surface area contributed by atoms with Gasteiger partial charge >= 0.3 is 0 Å². The lowest BCUT2D eigenvalue weighted by molar-refractivity contribution is 0.102. The predicted octanol–water partition coefficient (Wildman–Crippen LogP) is 4.26. The van der Waals surface area contributed by atoms with Gasteiger partial charge in [0.05, 0.1) is 12.3 Å². The molecule has 26 heavy (non-hydrogen) atoms. The summed E-state index contributed by atoms with van der Waals surface area (Å²) in [6.45, 7) is 2.45. The molecule has 1 heterocycles. The van der Waals surface area contributed by atoms with Crippen molar-refractivity contribution in [3.05, 3.63) is 42.4 Å². The van der Waals surface area contributed by atoms with Crippen LogP contribution in [-0.2, 0) is 0 Å². The Bertz CT molecular complexity index is 727. The van der Waals surface area contributed by atoms with Crippen molar-refractivity contribution in [3.8, 4) is 5.75 Å². The Kier molecular flexibility index (Phi) is 6.41. The van der Waals surface area contributed by atoms with Crippen molar-refractivity contribution in [2.24, 2.45) is 0 Å². The Labute approximate surface area is 154 Å². The lowest BCUT2D eigenvalue weighted by Crippen LogP contribution is -2.20. The first-order chi connectivity index (χ1) is 12.8. The number of aromatic nitrogens is 2. The molecule has 0 saturated heterocycles. The lowest BCUT2D eigenvalue weighted by Gasteiger charge is -2.17. The average Bonchev–Trinajstić information content (AvgIpc) is 2.92. The van der Waals surface area contributed by atoms with E-state index in [1.165, 1.54) is 32.0 Å². The van der Waals surface area contributed by atoms with Gasteiger partial charge in [-0.25, -0.2) is 9.97 Å². The Morgan fingerprint density at radius 1 is 1.15 bits per heavy atom. The Morgan fingerprint density at radius 3 is 2.69 bits per heavy atom. The molecule has 0 aliphatic heterocycles. The van der Waals surface area contributed by atoms with E-state index in [1.54, 1.807) is 6.07 Å². The number of carbonyl (C=O) groups excluding carboxylic acids is 1. The van der Waals surface area contributed by atoms with Crippen LogP contribution >= 0.6 is 0 Å². The molecule has 6 nitrogen and oxygen atoms in total. The van der Waals surface area contributed by atoms with Crippen LogP contribution in [0.25, 0.3) is 0 Å². The van der Waals surface area contributed by atoms with Crippen molar-refractivity contribution in [1.29, 1.82) is 0 Å². The van der Waals surface area contributed by atoms with Gasteiger partial charge in [-0.15, -0.1) is 0 Å². The molecule has 6 heteroatoms. The van der Waals surface area contributed by atoms with Gasteiger partial charge in [0.1, 0.15) is 23.6 Å². The molecule has 138 valence electrons. The molecule has 0 bridgehead atoms. The van der Waals surface area contributed by atoms with E-state index in [9.17, 15) is 4.79 Å². The zero-order valence-electron chi connectivity index (χ0n) is 15.2. The quantitative estimate of drug-likeness (QED) is 0.758. The SMILES string of the molecule is CCOc1ccccc1NC(=O)c1cc(NC2CCCCCC2)ncn1. The molecule has 0 atom stereocenters. The summed E-state index contributed by atoms with van der Waals surface area (Å²) in [5, 5.41) is 6.33. The van der Waals surface area contributed by atoms with Crippen molar-refractivity contribution >= 4 is 17.4 Å². The molecule has 1 aromatic heterocycles. The van der Waals surface area contributed by atoms with E-state index in [4.69, 9.17) is 4.74 Å². The van der Waals surface area contributed by atoms with Gasteiger partial charge in [-0.05, 0) is 31.9 Å². The molecule has 2 aromatic rings. The summed E-state index contributed by atoms with van der Waals surface area (Å²) in [6, 6.07) is 9.51. The van der Waals surface area contributed by atoms with Gasteiger partial charge in [0.25, 0.3) is 5.91 Å². The minimum absolute atomic E-state index is 0.275. The number of ether oxygens (including phenoxy) is 1. The fourth-order valence-corrected chi connectivity index (χ4v) is 3.23. The molecule has 3 rings (SSSR count). The molecule has 2 N–H and O–H groups in total. The summed E-state index contributed by atoms with van der Waals surface area (Å²) < 4.78 is 5.55.